The van der Waals surface area contributed by atoms with Gasteiger partial charge in [0.15, 0.2) is 0 Å². The highest BCUT2D eigenvalue weighted by atomic mass is 16.5. The molecule has 5 nitrogen and oxygen atoms in total. The van der Waals surface area contributed by atoms with E-state index in [1.807, 2.05) is 37.3 Å². The lowest BCUT2D eigenvalue weighted by atomic mass is 10.00. The summed E-state index contributed by atoms with van der Waals surface area (Å²) in [6.45, 7) is 2.01. The minimum atomic E-state index is -1.03. The van der Waals surface area contributed by atoms with E-state index in [1.165, 1.54) is 6.07 Å². The topological polar surface area (TPSA) is 75.2 Å². The van der Waals surface area contributed by atoms with Crippen LogP contribution in [0.2, 0.25) is 0 Å². The first kappa shape index (κ1) is 17.8. The van der Waals surface area contributed by atoms with Gasteiger partial charge in [0.05, 0.1) is 12.8 Å². The highest BCUT2D eigenvalue weighted by molar-refractivity contribution is 5.93. The van der Waals surface area contributed by atoms with Crippen molar-refractivity contribution < 1.29 is 14.6 Å². The number of ether oxygens (including phenoxy) is 1. The van der Waals surface area contributed by atoms with Crippen LogP contribution in [-0.2, 0) is 6.42 Å². The number of pyridine rings is 1. The number of benzene rings is 2. The van der Waals surface area contributed by atoms with Gasteiger partial charge in [0.2, 0.25) is 0 Å². The number of aromatic amines is 1. The fraction of sp³-hybridized carbons (Fsp3) is 0.130. The third kappa shape index (κ3) is 3.22. The quantitative estimate of drug-likeness (QED) is 0.526. The number of H-pyrrole nitrogens is 1. The molecule has 0 fully saturated rings. The van der Waals surface area contributed by atoms with E-state index in [0.717, 1.165) is 39.0 Å². The van der Waals surface area contributed by atoms with Gasteiger partial charge in [0.1, 0.15) is 11.4 Å². The first-order chi connectivity index (χ1) is 13.6. The maximum atomic E-state index is 11.3. The van der Waals surface area contributed by atoms with Crippen molar-refractivity contribution >= 4 is 16.9 Å². The van der Waals surface area contributed by atoms with Gasteiger partial charge in [-0.1, -0.05) is 36.4 Å². The smallest absolute Gasteiger partial charge is 0.354 e. The van der Waals surface area contributed by atoms with Crippen molar-refractivity contribution in [3.8, 4) is 17.0 Å². The number of aromatic nitrogens is 2. The summed E-state index contributed by atoms with van der Waals surface area (Å²) in [5.41, 5.74) is 5.96. The number of nitrogens with one attached hydrogen (secondary N) is 1. The molecule has 0 aliphatic heterocycles. The second-order valence-electron chi connectivity index (χ2n) is 6.71. The third-order valence-corrected chi connectivity index (χ3v) is 4.87. The fourth-order valence-electron chi connectivity index (χ4n) is 3.52. The molecule has 0 radical (unpaired) electrons. The maximum absolute atomic E-state index is 11.3. The number of methoxy groups -OCH3 is 1. The number of fused-ring (bicyclic) bond motifs is 1. The van der Waals surface area contributed by atoms with Gasteiger partial charge in [-0.05, 0) is 47.9 Å². The first-order valence-electron chi connectivity index (χ1n) is 9.00. The van der Waals surface area contributed by atoms with Crippen LogP contribution in [0.5, 0.6) is 5.75 Å². The molecular weight excluding hydrogens is 352 g/mol. The molecule has 0 aliphatic rings. The lowest BCUT2D eigenvalue weighted by Crippen LogP contribution is -2.03. The highest BCUT2D eigenvalue weighted by Gasteiger charge is 2.17. The Bertz CT molecular complexity index is 1160. The Balaban J connectivity index is 1.91. The summed E-state index contributed by atoms with van der Waals surface area (Å²) in [7, 11) is 1.66. The summed E-state index contributed by atoms with van der Waals surface area (Å²) in [6.07, 6.45) is 0.511. The monoisotopic (exact) mass is 372 g/mol. The van der Waals surface area contributed by atoms with E-state index < -0.39 is 5.97 Å². The molecular formula is C23H20N2O3. The second-order valence-corrected chi connectivity index (χ2v) is 6.71. The molecule has 0 saturated heterocycles. The van der Waals surface area contributed by atoms with Crippen LogP contribution >= 0.6 is 0 Å². The molecule has 0 unspecified atom stereocenters. The molecule has 0 saturated carbocycles. The zero-order valence-electron chi connectivity index (χ0n) is 15.7. The fourth-order valence-corrected chi connectivity index (χ4v) is 3.52. The Labute approximate surface area is 162 Å². The first-order valence-corrected chi connectivity index (χ1v) is 9.00. The van der Waals surface area contributed by atoms with E-state index in [0.29, 0.717) is 12.1 Å². The molecule has 0 spiro atoms. The predicted molar refractivity (Wildman–Crippen MR) is 109 cm³/mol. The van der Waals surface area contributed by atoms with Gasteiger partial charge in [-0.3, -0.25) is 0 Å². The summed E-state index contributed by atoms with van der Waals surface area (Å²) in [5.74, 6) is -0.207. The molecule has 28 heavy (non-hydrogen) atoms. The van der Waals surface area contributed by atoms with Crippen LogP contribution in [0, 0.1) is 6.92 Å². The number of carboxylic acid groups (broad SMARTS) is 1. The average Bonchev–Trinajstić information content (AvgIpc) is 3.05. The van der Waals surface area contributed by atoms with E-state index in [4.69, 9.17) is 4.74 Å². The van der Waals surface area contributed by atoms with Gasteiger partial charge < -0.3 is 14.8 Å². The molecule has 2 N–H and O–H groups in total. The minimum Gasteiger partial charge on any atom is -0.496 e. The van der Waals surface area contributed by atoms with Crippen molar-refractivity contribution in [1.29, 1.82) is 0 Å². The molecule has 4 rings (SSSR count). The van der Waals surface area contributed by atoms with Crippen LogP contribution in [-0.4, -0.2) is 28.2 Å². The van der Waals surface area contributed by atoms with E-state index in [2.05, 4.69) is 28.2 Å². The molecule has 4 aromatic rings. The van der Waals surface area contributed by atoms with Crippen LogP contribution in [0.15, 0.2) is 60.7 Å². The summed E-state index contributed by atoms with van der Waals surface area (Å²) in [4.78, 5) is 19.1. The number of carboxylic acids is 1. The molecule has 0 atom stereocenters. The Morgan fingerprint density at radius 3 is 2.61 bits per heavy atom. The molecule has 2 aromatic heterocycles. The van der Waals surface area contributed by atoms with Gasteiger partial charge >= 0.3 is 5.97 Å². The van der Waals surface area contributed by atoms with Gasteiger partial charge in [0.25, 0.3) is 0 Å². The number of rotatable bonds is 5. The van der Waals surface area contributed by atoms with E-state index in [9.17, 15) is 9.90 Å². The van der Waals surface area contributed by atoms with Crippen LogP contribution in [0.1, 0.15) is 27.3 Å². The highest BCUT2D eigenvalue weighted by Crippen LogP contribution is 2.35. The number of aromatic carboxylic acids is 1. The van der Waals surface area contributed by atoms with E-state index >= 15 is 0 Å². The predicted octanol–water partition coefficient (Wildman–Crippen LogP) is 4.84. The molecule has 2 heterocycles. The Hall–Kier alpha value is -3.60. The van der Waals surface area contributed by atoms with E-state index in [-0.39, 0.29) is 5.69 Å². The Morgan fingerprint density at radius 1 is 1.11 bits per heavy atom. The SMILES string of the molecule is COc1cc2c(Cc3cccc(C(=O)O)n3)c(-c3ccccc3)[nH]c2cc1C. The standard InChI is InChI=1S/C23H20N2O3/c1-14-11-20-17(13-21(14)28-2)18(22(25-20)15-7-4-3-5-8-15)12-16-9-6-10-19(24-16)23(26)27/h3-11,13,25H,12H2,1-2H3,(H,26,27). The van der Waals surface area contributed by atoms with Crippen molar-refractivity contribution in [3.05, 3.63) is 83.2 Å². The zero-order chi connectivity index (χ0) is 19.7. The number of hydrogen-bond acceptors (Lipinski definition) is 3. The van der Waals surface area contributed by atoms with Crippen LogP contribution < -0.4 is 4.74 Å². The lowest BCUT2D eigenvalue weighted by molar-refractivity contribution is 0.0690. The van der Waals surface area contributed by atoms with Gasteiger partial charge in [0, 0.05) is 23.0 Å². The largest absolute Gasteiger partial charge is 0.496 e. The van der Waals surface area contributed by atoms with Crippen molar-refractivity contribution in [2.75, 3.05) is 7.11 Å². The maximum Gasteiger partial charge on any atom is 0.354 e. The Kier molecular flexibility index (Phi) is 4.57. The van der Waals surface area contributed by atoms with Crippen molar-refractivity contribution in [3.63, 3.8) is 0 Å². The van der Waals surface area contributed by atoms with Crippen LogP contribution in [0.4, 0.5) is 0 Å². The minimum absolute atomic E-state index is 0.0482. The number of hydrogen-bond donors (Lipinski definition) is 2. The van der Waals surface area contributed by atoms with Gasteiger partial charge in [-0.25, -0.2) is 9.78 Å². The third-order valence-electron chi connectivity index (χ3n) is 4.87. The number of carbonyl (C=O) groups is 1. The van der Waals surface area contributed by atoms with Crippen molar-refractivity contribution in [1.82, 2.24) is 9.97 Å². The van der Waals surface area contributed by atoms with Crippen LogP contribution in [0.25, 0.3) is 22.2 Å². The normalized spacial score (nSPS) is 10.9. The molecule has 0 bridgehead atoms. The molecule has 0 amide bonds. The zero-order valence-corrected chi connectivity index (χ0v) is 15.7. The molecule has 5 heteroatoms. The van der Waals surface area contributed by atoms with Crippen LogP contribution in [0.3, 0.4) is 0 Å². The van der Waals surface area contributed by atoms with E-state index in [1.54, 1.807) is 13.2 Å². The number of aryl methyl sites for hydroxylation is 1. The summed E-state index contributed by atoms with van der Waals surface area (Å²) in [6, 6.07) is 19.3. The van der Waals surface area contributed by atoms with Crippen molar-refractivity contribution in [2.24, 2.45) is 0 Å². The lowest BCUT2D eigenvalue weighted by Gasteiger charge is -2.08. The summed E-state index contributed by atoms with van der Waals surface area (Å²) in [5, 5.41) is 10.3. The number of nitrogens with zero attached hydrogens (tertiary/aromatic N) is 1. The average molecular weight is 372 g/mol. The molecule has 2 aromatic carbocycles. The van der Waals surface area contributed by atoms with Crippen molar-refractivity contribution in [2.45, 2.75) is 13.3 Å². The summed E-state index contributed by atoms with van der Waals surface area (Å²) < 4.78 is 5.52. The molecule has 0 aliphatic carbocycles. The van der Waals surface area contributed by atoms with Gasteiger partial charge in [-0.15, -0.1) is 0 Å². The molecule has 140 valence electrons. The van der Waals surface area contributed by atoms with Gasteiger partial charge in [-0.2, -0.15) is 0 Å². The Morgan fingerprint density at radius 2 is 1.89 bits per heavy atom. The second kappa shape index (κ2) is 7.19. The summed E-state index contributed by atoms with van der Waals surface area (Å²) >= 11 is 0.